The maximum atomic E-state index is 12.3. The number of hydrogen-bond donors (Lipinski definition) is 0. The Bertz CT molecular complexity index is 506. The van der Waals surface area contributed by atoms with Gasteiger partial charge in [0.05, 0.1) is 6.04 Å². The lowest BCUT2D eigenvalue weighted by atomic mass is 10.1. The largest absolute Gasteiger partial charge is 0.334 e. The van der Waals surface area contributed by atoms with E-state index < -0.39 is 0 Å². The smallest absolute Gasteiger partial charge is 0.244 e. The minimum absolute atomic E-state index is 0.160. The fraction of sp³-hybridized carbons (Fsp3) is 0.385. The second-order valence-corrected chi connectivity index (χ2v) is 5.29. The summed E-state index contributed by atoms with van der Waals surface area (Å²) in [5.74, 6) is 0.160. The van der Waals surface area contributed by atoms with Crippen molar-refractivity contribution in [2.45, 2.75) is 25.4 Å². The molecule has 0 radical (unpaired) electrons. The first-order valence-corrected chi connectivity index (χ1v) is 7.08. The van der Waals surface area contributed by atoms with E-state index in [1.807, 2.05) is 17.2 Å². The Morgan fingerprint density at radius 3 is 3.22 bits per heavy atom. The Hall–Kier alpha value is -1.62. The number of carbonyl (C=O) groups is 1. The molecule has 4 nitrogen and oxygen atoms in total. The first kappa shape index (κ1) is 11.5. The van der Waals surface area contributed by atoms with Crippen molar-refractivity contribution < 1.29 is 4.79 Å². The highest BCUT2D eigenvalue weighted by molar-refractivity contribution is 7.07. The molecule has 2 aromatic rings. The fourth-order valence-corrected chi connectivity index (χ4v) is 3.21. The molecule has 5 heteroatoms. The van der Waals surface area contributed by atoms with E-state index in [1.165, 1.54) is 5.56 Å². The van der Waals surface area contributed by atoms with E-state index in [4.69, 9.17) is 0 Å². The number of likely N-dealkylation sites (tertiary alicyclic amines) is 1. The van der Waals surface area contributed by atoms with E-state index in [1.54, 1.807) is 22.2 Å². The third-order valence-electron chi connectivity index (χ3n) is 3.36. The van der Waals surface area contributed by atoms with E-state index in [9.17, 15) is 4.79 Å². The molecular weight excluding hydrogens is 246 g/mol. The van der Waals surface area contributed by atoms with Crippen LogP contribution in [0.25, 0.3) is 0 Å². The monoisotopic (exact) mass is 261 g/mol. The average Bonchev–Trinajstić information content (AvgIpc) is 3.11. The van der Waals surface area contributed by atoms with E-state index >= 15 is 0 Å². The average molecular weight is 261 g/mol. The first-order chi connectivity index (χ1) is 8.84. The summed E-state index contributed by atoms with van der Waals surface area (Å²) in [4.78, 5) is 14.3. The summed E-state index contributed by atoms with van der Waals surface area (Å²) in [6, 6.07) is 4.22. The molecule has 1 aliphatic heterocycles. The van der Waals surface area contributed by atoms with Gasteiger partial charge in [0.2, 0.25) is 5.91 Å². The van der Waals surface area contributed by atoms with Gasteiger partial charge in [-0.1, -0.05) is 0 Å². The van der Waals surface area contributed by atoms with E-state index in [0.717, 1.165) is 19.4 Å². The van der Waals surface area contributed by atoms with Crippen molar-refractivity contribution in [3.05, 3.63) is 40.8 Å². The van der Waals surface area contributed by atoms with Crippen LogP contribution in [0.15, 0.2) is 35.3 Å². The SMILES string of the molecule is O=C(Cn1cccn1)N1CCC[C@H]1c1ccsc1. The van der Waals surface area contributed by atoms with Crippen molar-refractivity contribution in [1.82, 2.24) is 14.7 Å². The number of nitrogens with zero attached hydrogens (tertiary/aromatic N) is 3. The number of amides is 1. The summed E-state index contributed by atoms with van der Waals surface area (Å²) in [5.41, 5.74) is 1.27. The van der Waals surface area contributed by atoms with Gasteiger partial charge < -0.3 is 4.90 Å². The van der Waals surface area contributed by atoms with Gasteiger partial charge in [-0.05, 0) is 41.3 Å². The number of thiophene rings is 1. The van der Waals surface area contributed by atoms with Gasteiger partial charge in [-0.15, -0.1) is 0 Å². The fourth-order valence-electron chi connectivity index (χ4n) is 2.50. The molecule has 1 aliphatic rings. The van der Waals surface area contributed by atoms with Crippen molar-refractivity contribution in [3.8, 4) is 0 Å². The Balaban J connectivity index is 1.73. The maximum Gasteiger partial charge on any atom is 0.244 e. The molecule has 0 unspecified atom stereocenters. The summed E-state index contributed by atoms with van der Waals surface area (Å²) in [5, 5.41) is 8.30. The lowest BCUT2D eigenvalue weighted by Gasteiger charge is -2.24. The van der Waals surface area contributed by atoms with Gasteiger partial charge in [-0.2, -0.15) is 16.4 Å². The molecule has 1 amide bonds. The van der Waals surface area contributed by atoms with Crippen LogP contribution in [0.2, 0.25) is 0 Å². The van der Waals surface area contributed by atoms with Crippen molar-refractivity contribution in [3.63, 3.8) is 0 Å². The molecular formula is C13H15N3OS. The second-order valence-electron chi connectivity index (χ2n) is 4.51. The van der Waals surface area contributed by atoms with Crippen LogP contribution >= 0.6 is 11.3 Å². The normalized spacial score (nSPS) is 19.3. The van der Waals surface area contributed by atoms with Crippen LogP contribution in [0.3, 0.4) is 0 Å². The highest BCUT2D eigenvalue weighted by Gasteiger charge is 2.30. The van der Waals surface area contributed by atoms with Crippen molar-refractivity contribution >= 4 is 17.2 Å². The van der Waals surface area contributed by atoms with Crippen LogP contribution in [0.5, 0.6) is 0 Å². The molecule has 18 heavy (non-hydrogen) atoms. The zero-order chi connectivity index (χ0) is 12.4. The van der Waals surface area contributed by atoms with Crippen LogP contribution in [0, 0.1) is 0 Å². The third-order valence-corrected chi connectivity index (χ3v) is 4.06. The summed E-state index contributed by atoms with van der Waals surface area (Å²) in [6.45, 7) is 1.20. The maximum absolute atomic E-state index is 12.3. The van der Waals surface area contributed by atoms with Crippen LogP contribution in [0.4, 0.5) is 0 Å². The van der Waals surface area contributed by atoms with Crippen molar-refractivity contribution in [2.75, 3.05) is 6.54 Å². The van der Waals surface area contributed by atoms with Crippen LogP contribution in [-0.4, -0.2) is 27.1 Å². The zero-order valence-corrected chi connectivity index (χ0v) is 10.8. The minimum Gasteiger partial charge on any atom is -0.334 e. The minimum atomic E-state index is 0.160. The molecule has 1 fully saturated rings. The number of aromatic nitrogens is 2. The number of hydrogen-bond acceptors (Lipinski definition) is 3. The Morgan fingerprint density at radius 2 is 2.50 bits per heavy atom. The van der Waals surface area contributed by atoms with Crippen LogP contribution in [-0.2, 0) is 11.3 Å². The third kappa shape index (κ3) is 2.18. The Kier molecular flexibility index (Phi) is 3.15. The molecule has 0 spiro atoms. The van der Waals surface area contributed by atoms with Crippen molar-refractivity contribution in [1.29, 1.82) is 0 Å². The van der Waals surface area contributed by atoms with E-state index in [-0.39, 0.29) is 11.9 Å². The predicted molar refractivity (Wildman–Crippen MR) is 70.2 cm³/mol. The van der Waals surface area contributed by atoms with Crippen LogP contribution < -0.4 is 0 Å². The van der Waals surface area contributed by atoms with Gasteiger partial charge in [-0.25, -0.2) is 0 Å². The lowest BCUT2D eigenvalue weighted by molar-refractivity contribution is -0.133. The molecule has 3 heterocycles. The lowest BCUT2D eigenvalue weighted by Crippen LogP contribution is -2.33. The number of rotatable bonds is 3. The standard InChI is InChI=1S/C13H15N3OS/c17-13(9-15-6-2-5-14-15)16-7-1-3-12(16)11-4-8-18-10-11/h2,4-6,8,10,12H,1,3,7,9H2/t12-/m0/s1. The molecule has 3 rings (SSSR count). The van der Waals surface area contributed by atoms with E-state index in [0.29, 0.717) is 6.54 Å². The van der Waals surface area contributed by atoms with Gasteiger partial charge in [0.15, 0.2) is 0 Å². The Labute approximate surface area is 110 Å². The molecule has 2 aromatic heterocycles. The highest BCUT2D eigenvalue weighted by Crippen LogP contribution is 2.33. The van der Waals surface area contributed by atoms with E-state index in [2.05, 4.69) is 21.9 Å². The molecule has 0 N–H and O–H groups in total. The van der Waals surface area contributed by atoms with Gasteiger partial charge >= 0.3 is 0 Å². The van der Waals surface area contributed by atoms with Gasteiger partial charge in [0, 0.05) is 18.9 Å². The predicted octanol–water partition coefficient (Wildman–Crippen LogP) is 2.31. The van der Waals surface area contributed by atoms with Gasteiger partial charge in [0.1, 0.15) is 6.54 Å². The Morgan fingerprint density at radius 1 is 1.56 bits per heavy atom. The second kappa shape index (κ2) is 4.94. The molecule has 0 aliphatic carbocycles. The molecule has 0 aromatic carbocycles. The topological polar surface area (TPSA) is 38.1 Å². The molecule has 94 valence electrons. The highest BCUT2D eigenvalue weighted by atomic mass is 32.1. The molecule has 0 bridgehead atoms. The quantitative estimate of drug-likeness (QED) is 0.850. The van der Waals surface area contributed by atoms with Gasteiger partial charge in [-0.3, -0.25) is 9.48 Å². The summed E-state index contributed by atoms with van der Waals surface area (Å²) < 4.78 is 1.69. The summed E-state index contributed by atoms with van der Waals surface area (Å²) >= 11 is 1.69. The van der Waals surface area contributed by atoms with Gasteiger partial charge in [0.25, 0.3) is 0 Å². The summed E-state index contributed by atoms with van der Waals surface area (Å²) in [7, 11) is 0. The summed E-state index contributed by atoms with van der Waals surface area (Å²) in [6.07, 6.45) is 5.69. The molecule has 1 saturated heterocycles. The first-order valence-electron chi connectivity index (χ1n) is 6.13. The molecule has 0 saturated carbocycles. The van der Waals surface area contributed by atoms with Crippen molar-refractivity contribution in [2.24, 2.45) is 0 Å². The van der Waals surface area contributed by atoms with Crippen LogP contribution in [0.1, 0.15) is 24.4 Å². The number of carbonyl (C=O) groups excluding carboxylic acids is 1. The zero-order valence-electron chi connectivity index (χ0n) is 10.0. The molecule has 1 atom stereocenters.